The maximum atomic E-state index is 12.3. The number of amides is 1. The molecule has 0 heterocycles. The summed E-state index contributed by atoms with van der Waals surface area (Å²) in [5.74, 6) is -0.0927. The second-order valence-corrected chi connectivity index (χ2v) is 7.41. The number of carbonyl (C=O) groups is 1. The molecule has 7 nitrogen and oxygen atoms in total. The van der Waals surface area contributed by atoms with Gasteiger partial charge in [0.2, 0.25) is 10.0 Å². The van der Waals surface area contributed by atoms with E-state index in [2.05, 4.69) is 10.0 Å². The third kappa shape index (κ3) is 5.27. The van der Waals surface area contributed by atoms with Crippen LogP contribution in [0.4, 0.5) is 5.69 Å². The number of phenolic OH excluding ortho intramolecular Hbond substituents is 1. The standard InChI is InChI=1S/C16H17ClN2O5S/c1-24-15-7-10(3-6-14(15)20)9-18-16(21)11-4-5-12(17)13(8-11)19-25(2,22)23/h3-8,19-20H,9H2,1-2H3,(H,18,21). The molecular formula is C16H17ClN2O5S. The maximum absolute atomic E-state index is 12.3. The topological polar surface area (TPSA) is 105 Å². The third-order valence-corrected chi connectivity index (χ3v) is 4.14. The minimum atomic E-state index is -3.51. The van der Waals surface area contributed by atoms with Gasteiger partial charge in [-0.3, -0.25) is 9.52 Å². The first-order valence-corrected chi connectivity index (χ1v) is 9.38. The molecule has 1 amide bonds. The molecule has 0 fully saturated rings. The van der Waals surface area contributed by atoms with E-state index in [0.29, 0.717) is 5.75 Å². The molecule has 2 rings (SSSR count). The van der Waals surface area contributed by atoms with Crippen molar-refractivity contribution >= 4 is 33.2 Å². The summed E-state index contributed by atoms with van der Waals surface area (Å²) in [6.07, 6.45) is 0.994. The molecule has 0 saturated heterocycles. The van der Waals surface area contributed by atoms with Gasteiger partial charge in [0.15, 0.2) is 11.5 Å². The van der Waals surface area contributed by atoms with Crippen molar-refractivity contribution in [2.45, 2.75) is 6.54 Å². The molecule has 0 bridgehead atoms. The Balaban J connectivity index is 2.12. The normalized spacial score (nSPS) is 11.0. The number of sulfonamides is 1. The molecule has 3 N–H and O–H groups in total. The van der Waals surface area contributed by atoms with Gasteiger partial charge < -0.3 is 15.2 Å². The summed E-state index contributed by atoms with van der Waals surface area (Å²) < 4.78 is 29.9. The van der Waals surface area contributed by atoms with Crippen molar-refractivity contribution in [3.63, 3.8) is 0 Å². The summed E-state index contributed by atoms with van der Waals surface area (Å²) >= 11 is 5.93. The predicted molar refractivity (Wildman–Crippen MR) is 95.7 cm³/mol. The highest BCUT2D eigenvalue weighted by molar-refractivity contribution is 7.92. The SMILES string of the molecule is COc1cc(CNC(=O)c2ccc(Cl)c(NS(C)(=O)=O)c2)ccc1O. The molecule has 134 valence electrons. The van der Waals surface area contributed by atoms with Crippen LogP contribution < -0.4 is 14.8 Å². The van der Waals surface area contributed by atoms with E-state index in [0.717, 1.165) is 11.8 Å². The Labute approximate surface area is 150 Å². The van der Waals surface area contributed by atoms with Crippen LogP contribution in [0.3, 0.4) is 0 Å². The molecule has 0 saturated carbocycles. The number of hydrogen-bond donors (Lipinski definition) is 3. The number of anilines is 1. The zero-order valence-electron chi connectivity index (χ0n) is 13.5. The first kappa shape index (κ1) is 18.9. The summed E-state index contributed by atoms with van der Waals surface area (Å²) in [5, 5.41) is 12.4. The van der Waals surface area contributed by atoms with Crippen LogP contribution in [0.2, 0.25) is 5.02 Å². The number of carbonyl (C=O) groups excluding carboxylic acids is 1. The van der Waals surface area contributed by atoms with Crippen molar-refractivity contribution in [2.24, 2.45) is 0 Å². The number of phenols is 1. The lowest BCUT2D eigenvalue weighted by molar-refractivity contribution is 0.0951. The number of benzene rings is 2. The largest absolute Gasteiger partial charge is 0.504 e. The Morgan fingerprint density at radius 2 is 1.96 bits per heavy atom. The van der Waals surface area contributed by atoms with E-state index in [1.165, 1.54) is 31.4 Å². The van der Waals surface area contributed by atoms with Gasteiger partial charge in [0.25, 0.3) is 5.91 Å². The second-order valence-electron chi connectivity index (χ2n) is 5.26. The summed E-state index contributed by atoms with van der Waals surface area (Å²) in [6, 6.07) is 9.01. The zero-order valence-corrected chi connectivity index (χ0v) is 15.1. The minimum Gasteiger partial charge on any atom is -0.504 e. The quantitative estimate of drug-likeness (QED) is 0.709. The van der Waals surface area contributed by atoms with Crippen molar-refractivity contribution in [1.29, 1.82) is 0 Å². The number of rotatable bonds is 6. The van der Waals surface area contributed by atoms with Crippen LogP contribution >= 0.6 is 11.6 Å². The highest BCUT2D eigenvalue weighted by Crippen LogP contribution is 2.26. The maximum Gasteiger partial charge on any atom is 0.251 e. The van der Waals surface area contributed by atoms with Gasteiger partial charge in [-0.2, -0.15) is 0 Å². The lowest BCUT2D eigenvalue weighted by Crippen LogP contribution is -2.23. The van der Waals surface area contributed by atoms with Crippen LogP contribution in [0.5, 0.6) is 11.5 Å². The second kappa shape index (κ2) is 7.62. The first-order valence-electron chi connectivity index (χ1n) is 7.11. The monoisotopic (exact) mass is 384 g/mol. The lowest BCUT2D eigenvalue weighted by Gasteiger charge is -2.10. The van der Waals surface area contributed by atoms with E-state index in [9.17, 15) is 18.3 Å². The summed E-state index contributed by atoms with van der Waals surface area (Å²) in [6.45, 7) is 0.201. The highest BCUT2D eigenvalue weighted by atomic mass is 35.5. The summed E-state index contributed by atoms with van der Waals surface area (Å²) in [7, 11) is -2.08. The Bertz CT molecular complexity index is 899. The van der Waals surface area contributed by atoms with Gasteiger partial charge >= 0.3 is 0 Å². The molecule has 0 atom stereocenters. The van der Waals surface area contributed by atoms with Crippen molar-refractivity contribution in [2.75, 3.05) is 18.1 Å². The van der Waals surface area contributed by atoms with Crippen LogP contribution in [-0.4, -0.2) is 32.8 Å². The smallest absolute Gasteiger partial charge is 0.251 e. The van der Waals surface area contributed by atoms with E-state index in [1.807, 2.05) is 0 Å². The van der Waals surface area contributed by atoms with E-state index in [-0.39, 0.29) is 28.6 Å². The molecule has 0 spiro atoms. The Hall–Kier alpha value is -2.45. The number of ether oxygens (including phenoxy) is 1. The van der Waals surface area contributed by atoms with Crippen molar-refractivity contribution in [1.82, 2.24) is 5.32 Å². The number of aromatic hydroxyl groups is 1. The molecule has 0 aliphatic rings. The van der Waals surface area contributed by atoms with E-state index >= 15 is 0 Å². The van der Waals surface area contributed by atoms with Crippen molar-refractivity contribution in [3.8, 4) is 11.5 Å². The average molecular weight is 385 g/mol. The van der Waals surface area contributed by atoms with Crippen LogP contribution in [0.1, 0.15) is 15.9 Å². The van der Waals surface area contributed by atoms with Gasteiger partial charge in [-0.15, -0.1) is 0 Å². The van der Waals surface area contributed by atoms with Gasteiger partial charge in [0.1, 0.15) is 0 Å². The fourth-order valence-corrected chi connectivity index (χ4v) is 2.85. The van der Waals surface area contributed by atoms with Gasteiger partial charge in [-0.05, 0) is 35.9 Å². The zero-order chi connectivity index (χ0) is 18.6. The van der Waals surface area contributed by atoms with Crippen LogP contribution in [0.15, 0.2) is 36.4 Å². The Kier molecular flexibility index (Phi) is 5.76. The fourth-order valence-electron chi connectivity index (χ4n) is 2.06. The van der Waals surface area contributed by atoms with Gasteiger partial charge in [0.05, 0.1) is 24.1 Å². The predicted octanol–water partition coefficient (Wildman–Crippen LogP) is 2.36. The molecule has 2 aromatic carbocycles. The van der Waals surface area contributed by atoms with Crippen LogP contribution in [0, 0.1) is 0 Å². The fraction of sp³-hybridized carbons (Fsp3) is 0.188. The molecule has 0 radical (unpaired) electrons. The van der Waals surface area contributed by atoms with Crippen molar-refractivity contribution in [3.05, 3.63) is 52.5 Å². The number of hydrogen-bond acceptors (Lipinski definition) is 5. The Morgan fingerprint density at radius 1 is 1.24 bits per heavy atom. The molecule has 2 aromatic rings. The summed E-state index contributed by atoms with van der Waals surface area (Å²) in [4.78, 5) is 12.3. The minimum absolute atomic E-state index is 0.00627. The molecule has 0 aliphatic carbocycles. The summed E-state index contributed by atoms with van der Waals surface area (Å²) in [5.41, 5.74) is 1.11. The van der Waals surface area contributed by atoms with E-state index in [1.54, 1.807) is 12.1 Å². The number of nitrogens with one attached hydrogen (secondary N) is 2. The van der Waals surface area contributed by atoms with E-state index < -0.39 is 15.9 Å². The average Bonchev–Trinajstić information content (AvgIpc) is 2.54. The first-order chi connectivity index (χ1) is 11.7. The van der Waals surface area contributed by atoms with Gasteiger partial charge in [-0.1, -0.05) is 17.7 Å². The highest BCUT2D eigenvalue weighted by Gasteiger charge is 2.12. The number of methoxy groups -OCH3 is 1. The van der Waals surface area contributed by atoms with Gasteiger partial charge in [0, 0.05) is 12.1 Å². The van der Waals surface area contributed by atoms with Crippen LogP contribution in [0.25, 0.3) is 0 Å². The molecule has 0 aromatic heterocycles. The third-order valence-electron chi connectivity index (χ3n) is 3.22. The molecule has 9 heteroatoms. The van der Waals surface area contributed by atoms with Gasteiger partial charge in [-0.25, -0.2) is 8.42 Å². The number of halogens is 1. The molecule has 25 heavy (non-hydrogen) atoms. The molecular weight excluding hydrogens is 368 g/mol. The Morgan fingerprint density at radius 3 is 2.60 bits per heavy atom. The van der Waals surface area contributed by atoms with Crippen molar-refractivity contribution < 1.29 is 23.1 Å². The van der Waals surface area contributed by atoms with E-state index in [4.69, 9.17) is 16.3 Å². The van der Waals surface area contributed by atoms with Crippen LogP contribution in [-0.2, 0) is 16.6 Å². The molecule has 0 unspecified atom stereocenters. The molecule has 0 aliphatic heterocycles. The lowest BCUT2D eigenvalue weighted by atomic mass is 10.1.